The zero-order valence-corrected chi connectivity index (χ0v) is 11.4. The van der Waals surface area contributed by atoms with Crippen LogP contribution in [0.5, 0.6) is 0 Å². The SMILES string of the molecule is CC1CCCN(C(=O)C(=O)Nc2cccc(C#N)c2)C1. The van der Waals surface area contributed by atoms with Crippen LogP contribution in [0.1, 0.15) is 25.3 Å². The average Bonchev–Trinajstić information content (AvgIpc) is 2.46. The summed E-state index contributed by atoms with van der Waals surface area (Å²) in [5.41, 5.74) is 0.911. The Kier molecular flexibility index (Phi) is 4.36. The second-order valence-electron chi connectivity index (χ2n) is 5.15. The van der Waals surface area contributed by atoms with E-state index >= 15 is 0 Å². The Morgan fingerprint density at radius 3 is 2.95 bits per heavy atom. The van der Waals surface area contributed by atoms with E-state index in [0.29, 0.717) is 30.3 Å². The van der Waals surface area contributed by atoms with Gasteiger partial charge in [-0.2, -0.15) is 5.26 Å². The van der Waals surface area contributed by atoms with E-state index in [2.05, 4.69) is 12.2 Å². The van der Waals surface area contributed by atoms with Crippen molar-refractivity contribution < 1.29 is 9.59 Å². The van der Waals surface area contributed by atoms with Gasteiger partial charge in [0.1, 0.15) is 0 Å². The number of rotatable bonds is 1. The van der Waals surface area contributed by atoms with Gasteiger partial charge in [0.15, 0.2) is 0 Å². The van der Waals surface area contributed by atoms with Crippen LogP contribution < -0.4 is 5.32 Å². The Labute approximate surface area is 118 Å². The Hall–Kier alpha value is -2.35. The molecule has 104 valence electrons. The molecule has 1 aromatic carbocycles. The number of hydrogen-bond donors (Lipinski definition) is 1. The van der Waals surface area contributed by atoms with E-state index < -0.39 is 11.8 Å². The molecule has 2 rings (SSSR count). The van der Waals surface area contributed by atoms with Crippen molar-refractivity contribution in [3.05, 3.63) is 29.8 Å². The number of benzene rings is 1. The van der Waals surface area contributed by atoms with Gasteiger partial charge in [0.2, 0.25) is 0 Å². The van der Waals surface area contributed by atoms with Crippen molar-refractivity contribution in [2.75, 3.05) is 18.4 Å². The molecule has 20 heavy (non-hydrogen) atoms. The van der Waals surface area contributed by atoms with Crippen LogP contribution in [0.15, 0.2) is 24.3 Å². The zero-order chi connectivity index (χ0) is 14.5. The summed E-state index contributed by atoms with van der Waals surface area (Å²) in [6, 6.07) is 8.51. The molecule has 1 saturated heterocycles. The maximum absolute atomic E-state index is 12.1. The van der Waals surface area contributed by atoms with Gasteiger partial charge in [-0.25, -0.2) is 0 Å². The average molecular weight is 271 g/mol. The quantitative estimate of drug-likeness (QED) is 0.791. The van der Waals surface area contributed by atoms with Gasteiger partial charge in [-0.15, -0.1) is 0 Å². The van der Waals surface area contributed by atoms with Crippen LogP contribution in [0.25, 0.3) is 0 Å². The predicted octanol–water partition coefficient (Wildman–Crippen LogP) is 1.76. The molecule has 1 aliphatic heterocycles. The Morgan fingerprint density at radius 1 is 1.45 bits per heavy atom. The third-order valence-electron chi connectivity index (χ3n) is 3.39. The number of likely N-dealkylation sites (tertiary alicyclic amines) is 1. The number of hydrogen-bond acceptors (Lipinski definition) is 3. The predicted molar refractivity (Wildman–Crippen MR) is 74.8 cm³/mol. The standard InChI is InChI=1S/C15H17N3O2/c1-11-4-3-7-18(10-11)15(20)14(19)17-13-6-2-5-12(8-13)9-16/h2,5-6,8,11H,3-4,7,10H2,1H3,(H,17,19). The smallest absolute Gasteiger partial charge is 0.313 e. The summed E-state index contributed by atoms with van der Waals surface area (Å²) < 4.78 is 0. The fourth-order valence-electron chi connectivity index (χ4n) is 2.37. The molecule has 0 aromatic heterocycles. The fraction of sp³-hybridized carbons (Fsp3) is 0.400. The molecule has 0 radical (unpaired) electrons. The summed E-state index contributed by atoms with van der Waals surface area (Å²) in [5.74, 6) is -0.712. The van der Waals surface area contributed by atoms with Gasteiger partial charge >= 0.3 is 11.8 Å². The minimum Gasteiger partial charge on any atom is -0.334 e. The molecule has 0 aliphatic carbocycles. The van der Waals surface area contributed by atoms with E-state index in [1.54, 1.807) is 29.2 Å². The maximum Gasteiger partial charge on any atom is 0.313 e. The number of piperidine rings is 1. The number of nitriles is 1. The first kappa shape index (κ1) is 14.1. The van der Waals surface area contributed by atoms with Gasteiger partial charge in [0, 0.05) is 18.8 Å². The second kappa shape index (κ2) is 6.20. The first-order valence-corrected chi connectivity index (χ1v) is 6.70. The zero-order valence-electron chi connectivity index (χ0n) is 11.4. The lowest BCUT2D eigenvalue weighted by atomic mass is 10.0. The first-order chi connectivity index (χ1) is 9.60. The van der Waals surface area contributed by atoms with Crippen molar-refractivity contribution in [1.82, 2.24) is 4.90 Å². The van der Waals surface area contributed by atoms with E-state index in [0.717, 1.165) is 12.8 Å². The number of anilines is 1. The van der Waals surface area contributed by atoms with E-state index in [1.807, 2.05) is 6.07 Å². The minimum absolute atomic E-state index is 0.433. The third kappa shape index (κ3) is 3.35. The van der Waals surface area contributed by atoms with E-state index in [1.165, 1.54) is 0 Å². The molecule has 1 unspecified atom stereocenters. The highest BCUT2D eigenvalue weighted by Gasteiger charge is 2.26. The highest BCUT2D eigenvalue weighted by molar-refractivity contribution is 6.39. The molecule has 1 aromatic rings. The molecule has 0 bridgehead atoms. The Bertz CT molecular complexity index is 562. The molecule has 5 heteroatoms. The number of amides is 2. The van der Waals surface area contributed by atoms with Crippen LogP contribution in [0.4, 0.5) is 5.69 Å². The molecule has 0 spiro atoms. The molecule has 2 amide bonds. The van der Waals surface area contributed by atoms with E-state index in [4.69, 9.17) is 5.26 Å². The van der Waals surface area contributed by atoms with Crippen molar-refractivity contribution >= 4 is 17.5 Å². The molecule has 1 fully saturated rings. The van der Waals surface area contributed by atoms with Crippen molar-refractivity contribution in [2.45, 2.75) is 19.8 Å². The third-order valence-corrected chi connectivity index (χ3v) is 3.39. The summed E-state index contributed by atoms with van der Waals surface area (Å²) >= 11 is 0. The van der Waals surface area contributed by atoms with Crippen LogP contribution in [0, 0.1) is 17.2 Å². The lowest BCUT2D eigenvalue weighted by molar-refractivity contribution is -0.144. The summed E-state index contributed by atoms with van der Waals surface area (Å²) in [6.45, 7) is 3.34. The van der Waals surface area contributed by atoms with Crippen LogP contribution in [0.2, 0.25) is 0 Å². The summed E-state index contributed by atoms with van der Waals surface area (Å²) in [6.07, 6.45) is 2.03. The number of nitrogens with one attached hydrogen (secondary N) is 1. The van der Waals surface area contributed by atoms with Crippen molar-refractivity contribution in [3.8, 4) is 6.07 Å². The van der Waals surface area contributed by atoms with Gasteiger partial charge in [0.05, 0.1) is 11.6 Å². The maximum atomic E-state index is 12.1. The topological polar surface area (TPSA) is 73.2 Å². The van der Waals surface area contributed by atoms with Crippen molar-refractivity contribution in [2.24, 2.45) is 5.92 Å². The van der Waals surface area contributed by atoms with Crippen LogP contribution in [-0.2, 0) is 9.59 Å². The monoisotopic (exact) mass is 271 g/mol. The molecule has 1 N–H and O–H groups in total. The van der Waals surface area contributed by atoms with E-state index in [-0.39, 0.29) is 0 Å². The first-order valence-electron chi connectivity index (χ1n) is 6.70. The van der Waals surface area contributed by atoms with E-state index in [9.17, 15) is 9.59 Å². The summed E-state index contributed by atoms with van der Waals surface area (Å²) in [4.78, 5) is 25.6. The van der Waals surface area contributed by atoms with Crippen LogP contribution in [-0.4, -0.2) is 29.8 Å². The molecular formula is C15H17N3O2. The molecule has 1 aliphatic rings. The highest BCUT2D eigenvalue weighted by Crippen LogP contribution is 2.16. The second-order valence-corrected chi connectivity index (χ2v) is 5.15. The minimum atomic E-state index is -0.644. The van der Waals surface area contributed by atoms with Gasteiger partial charge in [-0.3, -0.25) is 9.59 Å². The van der Waals surface area contributed by atoms with Crippen molar-refractivity contribution in [3.63, 3.8) is 0 Å². The Balaban J connectivity index is 2.00. The number of nitrogens with zero attached hydrogens (tertiary/aromatic N) is 2. The van der Waals surface area contributed by atoms with Gasteiger partial charge < -0.3 is 10.2 Å². The highest BCUT2D eigenvalue weighted by atomic mass is 16.2. The van der Waals surface area contributed by atoms with Crippen molar-refractivity contribution in [1.29, 1.82) is 5.26 Å². The van der Waals surface area contributed by atoms with Crippen LogP contribution in [0.3, 0.4) is 0 Å². The molecule has 1 heterocycles. The lowest BCUT2D eigenvalue weighted by Gasteiger charge is -2.30. The molecule has 1 atom stereocenters. The molecular weight excluding hydrogens is 254 g/mol. The normalized spacial score (nSPS) is 18.2. The van der Waals surface area contributed by atoms with Crippen LogP contribution >= 0.6 is 0 Å². The summed E-state index contributed by atoms with van der Waals surface area (Å²) in [5, 5.41) is 11.3. The molecule has 0 saturated carbocycles. The van der Waals surface area contributed by atoms with Gasteiger partial charge in [-0.05, 0) is 37.0 Å². The summed E-state index contributed by atoms with van der Waals surface area (Å²) in [7, 11) is 0. The lowest BCUT2D eigenvalue weighted by Crippen LogP contribution is -2.44. The van der Waals surface area contributed by atoms with Gasteiger partial charge in [0.25, 0.3) is 0 Å². The molecule has 5 nitrogen and oxygen atoms in total. The number of carbonyl (C=O) groups is 2. The van der Waals surface area contributed by atoms with Gasteiger partial charge in [-0.1, -0.05) is 13.0 Å². The number of carbonyl (C=O) groups excluding carboxylic acids is 2. The largest absolute Gasteiger partial charge is 0.334 e. The Morgan fingerprint density at radius 2 is 2.25 bits per heavy atom. The fourth-order valence-corrected chi connectivity index (χ4v) is 2.37.